The highest BCUT2D eigenvalue weighted by Crippen LogP contribution is 2.28. The van der Waals surface area contributed by atoms with Crippen molar-refractivity contribution in [1.82, 2.24) is 19.7 Å². The molecule has 3 heterocycles. The molecular formula is C20H16F2N4O2. The molecule has 0 spiro atoms. The van der Waals surface area contributed by atoms with Crippen LogP contribution in [0.1, 0.15) is 27.3 Å². The quantitative estimate of drug-likeness (QED) is 0.534. The predicted octanol–water partition coefficient (Wildman–Crippen LogP) is 3.69. The highest BCUT2D eigenvalue weighted by atomic mass is 19.1. The van der Waals surface area contributed by atoms with Gasteiger partial charge >= 0.3 is 0 Å². The van der Waals surface area contributed by atoms with E-state index in [1.807, 2.05) is 6.92 Å². The van der Waals surface area contributed by atoms with Crippen molar-refractivity contribution < 1.29 is 18.3 Å². The fourth-order valence-electron chi connectivity index (χ4n) is 3.08. The van der Waals surface area contributed by atoms with Crippen LogP contribution in [-0.4, -0.2) is 25.5 Å². The third-order valence-corrected chi connectivity index (χ3v) is 4.45. The van der Waals surface area contributed by atoms with E-state index in [0.717, 1.165) is 17.5 Å². The Hall–Kier alpha value is -3.55. The largest absolute Gasteiger partial charge is 0.484 e. The Morgan fingerprint density at radius 3 is 2.86 bits per heavy atom. The van der Waals surface area contributed by atoms with E-state index in [1.165, 1.54) is 12.3 Å². The summed E-state index contributed by atoms with van der Waals surface area (Å²) in [5, 5.41) is 4.68. The minimum Gasteiger partial charge on any atom is -0.484 e. The number of aryl methyl sites for hydroxylation is 2. The third kappa shape index (κ3) is 3.02. The molecule has 0 saturated heterocycles. The van der Waals surface area contributed by atoms with Crippen LogP contribution in [0.15, 0.2) is 42.7 Å². The van der Waals surface area contributed by atoms with E-state index in [2.05, 4.69) is 15.1 Å². The Morgan fingerprint density at radius 2 is 2.11 bits per heavy atom. The van der Waals surface area contributed by atoms with Gasteiger partial charge in [-0.2, -0.15) is 5.10 Å². The molecule has 0 amide bonds. The van der Waals surface area contributed by atoms with Crippen molar-refractivity contribution in [2.24, 2.45) is 7.05 Å². The first-order valence-corrected chi connectivity index (χ1v) is 8.53. The molecule has 0 saturated carbocycles. The van der Waals surface area contributed by atoms with Gasteiger partial charge in [-0.15, -0.1) is 0 Å². The van der Waals surface area contributed by atoms with Crippen LogP contribution in [0.5, 0.6) is 5.75 Å². The van der Waals surface area contributed by atoms with Gasteiger partial charge in [-0.25, -0.2) is 13.8 Å². The number of hydrogen-bond donors (Lipinski definition) is 1. The van der Waals surface area contributed by atoms with Crippen LogP contribution in [-0.2, 0) is 13.7 Å². The molecule has 0 bridgehead atoms. The van der Waals surface area contributed by atoms with Gasteiger partial charge in [0.1, 0.15) is 18.1 Å². The lowest BCUT2D eigenvalue weighted by atomic mass is 10.0. The Morgan fingerprint density at radius 1 is 1.29 bits per heavy atom. The van der Waals surface area contributed by atoms with Crippen molar-refractivity contribution >= 4 is 16.8 Å². The number of nitrogens with zero attached hydrogens (tertiary/aromatic N) is 3. The van der Waals surface area contributed by atoms with Gasteiger partial charge in [-0.1, -0.05) is 0 Å². The molecular weight excluding hydrogens is 366 g/mol. The van der Waals surface area contributed by atoms with Crippen LogP contribution in [0, 0.1) is 18.6 Å². The molecule has 0 aliphatic carbocycles. The Balaban J connectivity index is 1.68. The number of halogens is 2. The number of aromatic amines is 1. The summed E-state index contributed by atoms with van der Waals surface area (Å²) in [5.74, 6) is -2.98. The highest BCUT2D eigenvalue weighted by molar-refractivity contribution is 6.16. The number of ether oxygens (including phenoxy) is 1. The van der Waals surface area contributed by atoms with Crippen LogP contribution >= 0.6 is 0 Å². The zero-order valence-corrected chi connectivity index (χ0v) is 15.2. The lowest BCUT2D eigenvalue weighted by Crippen LogP contribution is -2.10. The molecule has 0 unspecified atom stereocenters. The number of aromatic nitrogens is 4. The van der Waals surface area contributed by atoms with E-state index in [0.29, 0.717) is 11.0 Å². The highest BCUT2D eigenvalue weighted by Gasteiger charge is 2.25. The van der Waals surface area contributed by atoms with Crippen LogP contribution in [0.4, 0.5) is 8.78 Å². The molecule has 1 aromatic carbocycles. The smallest absolute Gasteiger partial charge is 0.201 e. The molecule has 8 heteroatoms. The molecule has 0 radical (unpaired) electrons. The maximum atomic E-state index is 15.0. The first-order valence-electron chi connectivity index (χ1n) is 8.53. The van der Waals surface area contributed by atoms with E-state index < -0.39 is 23.0 Å². The van der Waals surface area contributed by atoms with Crippen LogP contribution < -0.4 is 4.74 Å². The van der Waals surface area contributed by atoms with E-state index >= 15 is 0 Å². The molecule has 28 heavy (non-hydrogen) atoms. The average molecular weight is 382 g/mol. The van der Waals surface area contributed by atoms with Gasteiger partial charge in [0.05, 0.1) is 17.0 Å². The summed E-state index contributed by atoms with van der Waals surface area (Å²) in [5.41, 5.74) is 1.45. The van der Waals surface area contributed by atoms with Crippen molar-refractivity contribution in [2.45, 2.75) is 13.5 Å². The first-order chi connectivity index (χ1) is 13.5. The average Bonchev–Trinajstić information content (AvgIpc) is 3.23. The fraction of sp³-hybridized carbons (Fsp3) is 0.150. The van der Waals surface area contributed by atoms with Gasteiger partial charge in [-0.05, 0) is 37.3 Å². The standard InChI is InChI=1S/C20H16F2N4O2/c1-11-8-12(26(2)25-11)10-28-16-6-5-15(21)17(18(16)22)19(27)14-9-24-20-13(14)4-3-7-23-20/h3-9H,10H2,1-2H3,(H,23,24). The molecule has 4 rings (SSSR count). The minimum atomic E-state index is -1.04. The zero-order chi connectivity index (χ0) is 19.8. The zero-order valence-electron chi connectivity index (χ0n) is 15.2. The van der Waals surface area contributed by atoms with E-state index in [1.54, 1.807) is 36.1 Å². The third-order valence-electron chi connectivity index (χ3n) is 4.45. The molecule has 0 aliphatic heterocycles. The number of rotatable bonds is 5. The number of fused-ring (bicyclic) bond motifs is 1. The van der Waals surface area contributed by atoms with Crippen LogP contribution in [0.25, 0.3) is 11.0 Å². The molecule has 3 aromatic heterocycles. The number of hydrogen-bond acceptors (Lipinski definition) is 4. The molecule has 142 valence electrons. The molecule has 0 aliphatic rings. The second-order valence-corrected chi connectivity index (χ2v) is 6.35. The van der Waals surface area contributed by atoms with Crippen molar-refractivity contribution in [1.29, 1.82) is 0 Å². The molecule has 6 nitrogen and oxygen atoms in total. The topological polar surface area (TPSA) is 72.8 Å². The van der Waals surface area contributed by atoms with E-state index in [4.69, 9.17) is 4.74 Å². The molecule has 0 atom stereocenters. The predicted molar refractivity (Wildman–Crippen MR) is 98.2 cm³/mol. The maximum Gasteiger partial charge on any atom is 0.201 e. The SMILES string of the molecule is Cc1cc(COc2ccc(F)c(C(=O)c3c[nH]c4ncccc34)c2F)n(C)n1. The number of carbonyl (C=O) groups is 1. The van der Waals surface area contributed by atoms with Crippen molar-refractivity contribution in [2.75, 3.05) is 0 Å². The van der Waals surface area contributed by atoms with Gasteiger partial charge in [0.15, 0.2) is 11.6 Å². The summed E-state index contributed by atoms with van der Waals surface area (Å²) in [4.78, 5) is 19.8. The lowest BCUT2D eigenvalue weighted by molar-refractivity contribution is 0.103. The Kier molecular flexibility index (Phi) is 4.38. The van der Waals surface area contributed by atoms with Gasteiger partial charge in [0.2, 0.25) is 5.78 Å². The second kappa shape index (κ2) is 6.88. The Bertz CT molecular complexity index is 1200. The molecule has 1 N–H and O–H groups in total. The fourth-order valence-corrected chi connectivity index (χ4v) is 3.08. The van der Waals surface area contributed by atoms with Crippen molar-refractivity contribution in [3.8, 4) is 5.75 Å². The summed E-state index contributed by atoms with van der Waals surface area (Å²) in [6, 6.07) is 7.29. The summed E-state index contributed by atoms with van der Waals surface area (Å²) < 4.78 is 36.4. The number of carbonyl (C=O) groups excluding carboxylic acids is 1. The van der Waals surface area contributed by atoms with Crippen molar-refractivity contribution in [3.05, 3.63) is 76.9 Å². The summed E-state index contributed by atoms with van der Waals surface area (Å²) in [7, 11) is 1.74. The van der Waals surface area contributed by atoms with Crippen LogP contribution in [0.3, 0.4) is 0 Å². The van der Waals surface area contributed by atoms with Crippen molar-refractivity contribution in [3.63, 3.8) is 0 Å². The summed E-state index contributed by atoms with van der Waals surface area (Å²) >= 11 is 0. The van der Waals surface area contributed by atoms with E-state index in [9.17, 15) is 13.6 Å². The van der Waals surface area contributed by atoms with Gasteiger partial charge < -0.3 is 9.72 Å². The Labute approximate surface area is 158 Å². The van der Waals surface area contributed by atoms with Gasteiger partial charge in [-0.3, -0.25) is 9.48 Å². The number of pyridine rings is 1. The summed E-state index contributed by atoms with van der Waals surface area (Å²) in [6.07, 6.45) is 2.95. The number of ketones is 1. The maximum absolute atomic E-state index is 15.0. The minimum absolute atomic E-state index is 0.0323. The number of nitrogens with one attached hydrogen (secondary N) is 1. The normalized spacial score (nSPS) is 11.1. The van der Waals surface area contributed by atoms with Gasteiger partial charge in [0.25, 0.3) is 0 Å². The molecule has 4 aromatic rings. The first kappa shape index (κ1) is 17.8. The monoisotopic (exact) mass is 382 g/mol. The molecule has 0 fully saturated rings. The summed E-state index contributed by atoms with van der Waals surface area (Å²) in [6.45, 7) is 1.86. The number of benzene rings is 1. The van der Waals surface area contributed by atoms with Crippen LogP contribution in [0.2, 0.25) is 0 Å². The lowest BCUT2D eigenvalue weighted by Gasteiger charge is -2.11. The van der Waals surface area contributed by atoms with E-state index in [-0.39, 0.29) is 17.9 Å². The second-order valence-electron chi connectivity index (χ2n) is 6.35. The van der Waals surface area contributed by atoms with Gasteiger partial charge in [0, 0.05) is 30.4 Å². The number of H-pyrrole nitrogens is 1.